The van der Waals surface area contributed by atoms with E-state index in [1.54, 1.807) is 24.3 Å². The molecule has 308 valence electrons. The molecule has 6 N–H and O–H groups in total. The Balaban J connectivity index is 1.63. The standard InChI is InChI=1S/C53H60O6/c1-26(2)38-22-36(24-44(52(38)58)50(40-13-32(9)46(54)17-28(40)5)41-14-33(10)47(55)18-29(41)6)21-37-23-39(27(3)4)53(59)45(25-37)51(42-15-34(11)48(56)19-30(42)7)43-16-35(12)49(57)20-31(43)8/h13-20,22-27,50-51,54-59H,21H2,1-12H3. The summed E-state index contributed by atoms with van der Waals surface area (Å²) in [5.74, 6) is 0.425. The van der Waals surface area contributed by atoms with Crippen LogP contribution in [0.1, 0.15) is 152 Å². The Bertz CT molecular complexity index is 2300. The molecular formula is C53H60O6. The van der Waals surface area contributed by atoms with Gasteiger partial charge >= 0.3 is 0 Å². The molecule has 6 nitrogen and oxygen atoms in total. The molecule has 6 rings (SSSR count). The average Bonchev–Trinajstić information content (AvgIpc) is 3.15. The largest absolute Gasteiger partial charge is 0.508 e. The maximum Gasteiger partial charge on any atom is 0.123 e. The first-order chi connectivity index (χ1) is 27.7. The molecule has 0 amide bonds. The molecule has 6 aromatic rings. The Morgan fingerprint density at radius 3 is 0.780 bits per heavy atom. The van der Waals surface area contributed by atoms with Crippen LogP contribution >= 0.6 is 0 Å². The van der Waals surface area contributed by atoms with Gasteiger partial charge in [-0.25, -0.2) is 0 Å². The molecule has 0 aliphatic rings. The van der Waals surface area contributed by atoms with E-state index >= 15 is 0 Å². The van der Waals surface area contributed by atoms with E-state index in [2.05, 4.69) is 52.0 Å². The summed E-state index contributed by atoms with van der Waals surface area (Å²) in [6, 6.07) is 23.5. The van der Waals surface area contributed by atoms with E-state index in [9.17, 15) is 30.6 Å². The highest BCUT2D eigenvalue weighted by atomic mass is 16.3. The fourth-order valence-corrected chi connectivity index (χ4v) is 8.79. The summed E-state index contributed by atoms with van der Waals surface area (Å²) in [7, 11) is 0. The number of benzene rings is 6. The van der Waals surface area contributed by atoms with Crippen molar-refractivity contribution in [2.45, 2.75) is 113 Å². The summed E-state index contributed by atoms with van der Waals surface area (Å²) < 4.78 is 0. The van der Waals surface area contributed by atoms with Crippen molar-refractivity contribution in [2.75, 3.05) is 0 Å². The third-order valence-corrected chi connectivity index (χ3v) is 12.3. The summed E-state index contributed by atoms with van der Waals surface area (Å²) in [5.41, 5.74) is 15.3. The third kappa shape index (κ3) is 8.23. The fraction of sp³-hybridized carbons (Fsp3) is 0.321. The Kier molecular flexibility index (Phi) is 11.9. The van der Waals surface area contributed by atoms with E-state index < -0.39 is 11.8 Å². The molecule has 6 aromatic carbocycles. The lowest BCUT2D eigenvalue weighted by Crippen LogP contribution is -2.11. The Morgan fingerprint density at radius 2 is 0.542 bits per heavy atom. The van der Waals surface area contributed by atoms with E-state index in [0.717, 1.165) is 100 Å². The number of phenolic OH excluding ortho intramolecular Hbond substituents is 6. The van der Waals surface area contributed by atoms with Crippen molar-refractivity contribution < 1.29 is 30.6 Å². The molecule has 0 saturated carbocycles. The summed E-state index contributed by atoms with van der Waals surface area (Å²) in [6.07, 6.45) is 0.502. The summed E-state index contributed by atoms with van der Waals surface area (Å²) in [5, 5.41) is 67.4. The smallest absolute Gasteiger partial charge is 0.123 e. The van der Waals surface area contributed by atoms with Crippen LogP contribution in [0.15, 0.2) is 72.8 Å². The lowest BCUT2D eigenvalue weighted by molar-refractivity contribution is 0.455. The van der Waals surface area contributed by atoms with Gasteiger partial charge < -0.3 is 30.6 Å². The van der Waals surface area contributed by atoms with Crippen LogP contribution < -0.4 is 0 Å². The number of aryl methyl sites for hydroxylation is 8. The van der Waals surface area contributed by atoms with Gasteiger partial charge in [0, 0.05) is 23.0 Å². The van der Waals surface area contributed by atoms with Crippen molar-refractivity contribution in [1.82, 2.24) is 0 Å². The SMILES string of the molecule is Cc1cc(C(c2cc(C)c(O)cc2C)c2cc(Cc3cc(C(C)C)c(O)c(C(c4cc(C)c(O)cc4C)c4cc(C)c(O)cc4C)c3)cc(C(C)C)c2O)c(C)cc1O. The first-order valence-corrected chi connectivity index (χ1v) is 20.6. The number of rotatable bonds is 10. The molecular weight excluding hydrogens is 733 g/mol. The van der Waals surface area contributed by atoms with Gasteiger partial charge in [0.15, 0.2) is 0 Å². The Morgan fingerprint density at radius 1 is 0.305 bits per heavy atom. The monoisotopic (exact) mass is 792 g/mol. The molecule has 0 radical (unpaired) electrons. The van der Waals surface area contributed by atoms with Crippen LogP contribution in [0.2, 0.25) is 0 Å². The molecule has 0 fully saturated rings. The zero-order chi connectivity index (χ0) is 43.4. The van der Waals surface area contributed by atoms with E-state index in [1.165, 1.54) is 0 Å². The number of hydrogen-bond acceptors (Lipinski definition) is 6. The van der Waals surface area contributed by atoms with Crippen molar-refractivity contribution in [3.05, 3.63) is 173 Å². The maximum atomic E-state index is 12.3. The molecule has 6 heteroatoms. The van der Waals surface area contributed by atoms with E-state index in [-0.39, 0.29) is 46.3 Å². The summed E-state index contributed by atoms with van der Waals surface area (Å²) >= 11 is 0. The lowest BCUT2D eigenvalue weighted by atomic mass is 9.77. The zero-order valence-electron chi connectivity index (χ0n) is 36.6. The third-order valence-electron chi connectivity index (χ3n) is 12.3. The van der Waals surface area contributed by atoms with Crippen LogP contribution in [0.4, 0.5) is 0 Å². The van der Waals surface area contributed by atoms with Gasteiger partial charge in [0.25, 0.3) is 0 Å². The molecule has 0 saturated heterocycles. The van der Waals surface area contributed by atoms with Gasteiger partial charge in [-0.15, -0.1) is 0 Å². The lowest BCUT2D eigenvalue weighted by Gasteiger charge is -2.28. The van der Waals surface area contributed by atoms with Crippen LogP contribution in [0, 0.1) is 55.4 Å². The molecule has 0 aromatic heterocycles. The van der Waals surface area contributed by atoms with Gasteiger partial charge in [0.2, 0.25) is 0 Å². The fourth-order valence-electron chi connectivity index (χ4n) is 8.79. The molecule has 0 atom stereocenters. The molecule has 0 aliphatic carbocycles. The molecule has 0 heterocycles. The normalized spacial score (nSPS) is 11.8. The van der Waals surface area contributed by atoms with E-state index in [0.29, 0.717) is 6.42 Å². The van der Waals surface area contributed by atoms with Crippen LogP contribution in [0.25, 0.3) is 0 Å². The van der Waals surface area contributed by atoms with E-state index in [4.69, 9.17) is 0 Å². The Labute approximate surface area is 350 Å². The average molecular weight is 793 g/mol. The molecule has 0 bridgehead atoms. The minimum Gasteiger partial charge on any atom is -0.508 e. The van der Waals surface area contributed by atoms with Gasteiger partial charge in [-0.1, -0.05) is 76.2 Å². The minimum atomic E-state index is -0.418. The second kappa shape index (κ2) is 16.4. The van der Waals surface area contributed by atoms with Crippen molar-refractivity contribution >= 4 is 0 Å². The highest BCUT2D eigenvalue weighted by molar-refractivity contribution is 5.62. The quantitative estimate of drug-likeness (QED) is 0.0768. The highest BCUT2D eigenvalue weighted by Gasteiger charge is 2.30. The van der Waals surface area contributed by atoms with Gasteiger partial charge in [0.1, 0.15) is 34.5 Å². The van der Waals surface area contributed by atoms with Crippen LogP contribution in [-0.4, -0.2) is 30.6 Å². The summed E-state index contributed by atoms with van der Waals surface area (Å²) in [6.45, 7) is 23.7. The first-order valence-electron chi connectivity index (χ1n) is 20.6. The van der Waals surface area contributed by atoms with Crippen molar-refractivity contribution in [3.8, 4) is 34.5 Å². The number of aromatic hydroxyl groups is 6. The van der Waals surface area contributed by atoms with Crippen LogP contribution in [0.3, 0.4) is 0 Å². The molecule has 0 spiro atoms. The van der Waals surface area contributed by atoms with Crippen molar-refractivity contribution in [2.24, 2.45) is 0 Å². The van der Waals surface area contributed by atoms with Gasteiger partial charge in [-0.2, -0.15) is 0 Å². The van der Waals surface area contributed by atoms with E-state index in [1.807, 2.05) is 79.7 Å². The topological polar surface area (TPSA) is 121 Å². The Hall–Kier alpha value is -5.88. The number of phenols is 6. The molecule has 0 aliphatic heterocycles. The van der Waals surface area contributed by atoms with Crippen molar-refractivity contribution in [3.63, 3.8) is 0 Å². The molecule has 59 heavy (non-hydrogen) atoms. The molecule has 0 unspecified atom stereocenters. The summed E-state index contributed by atoms with van der Waals surface area (Å²) in [4.78, 5) is 0. The van der Waals surface area contributed by atoms with Gasteiger partial charge in [-0.05, 0) is 187 Å². The second-order valence-corrected chi connectivity index (χ2v) is 17.6. The second-order valence-electron chi connectivity index (χ2n) is 17.6. The van der Waals surface area contributed by atoms with Crippen LogP contribution in [-0.2, 0) is 6.42 Å². The number of hydrogen-bond donors (Lipinski definition) is 6. The first kappa shape index (κ1) is 42.7. The van der Waals surface area contributed by atoms with Crippen molar-refractivity contribution in [1.29, 1.82) is 0 Å². The van der Waals surface area contributed by atoms with Gasteiger partial charge in [0.05, 0.1) is 0 Å². The van der Waals surface area contributed by atoms with Gasteiger partial charge in [-0.3, -0.25) is 0 Å². The predicted octanol–water partition coefficient (Wildman–Crippen LogP) is 12.6. The minimum absolute atomic E-state index is 0.00735. The maximum absolute atomic E-state index is 12.3. The predicted molar refractivity (Wildman–Crippen MR) is 239 cm³/mol. The highest BCUT2D eigenvalue weighted by Crippen LogP contribution is 2.48. The zero-order valence-corrected chi connectivity index (χ0v) is 36.6. The van der Waals surface area contributed by atoms with Crippen LogP contribution in [0.5, 0.6) is 34.5 Å².